The number of hydrogen-bond acceptors (Lipinski definition) is 3. The van der Waals surface area contributed by atoms with Crippen molar-refractivity contribution in [2.75, 3.05) is 18.5 Å². The number of carbonyl (C=O) groups excluding carboxylic acids is 2. The van der Waals surface area contributed by atoms with Gasteiger partial charge in [-0.3, -0.25) is 9.59 Å². The molecule has 1 fully saturated rings. The Balaban J connectivity index is 1.95. The highest BCUT2D eigenvalue weighted by Gasteiger charge is 2.28. The lowest BCUT2D eigenvalue weighted by Gasteiger charge is -2.37. The van der Waals surface area contributed by atoms with E-state index in [1.165, 1.54) is 6.08 Å². The van der Waals surface area contributed by atoms with Crippen LogP contribution in [0.2, 0.25) is 0 Å². The lowest BCUT2D eigenvalue weighted by atomic mass is 10.0. The third-order valence-corrected chi connectivity index (χ3v) is 4.42. The molecule has 1 heterocycles. The largest absolute Gasteiger partial charge is 0.374 e. The molecule has 5 heteroatoms. The normalized spacial score (nSPS) is 17.7. The van der Waals surface area contributed by atoms with Gasteiger partial charge >= 0.3 is 0 Å². The zero-order chi connectivity index (χ0) is 19.2. The number of ether oxygens (including phenoxy) is 1. The zero-order valence-corrected chi connectivity index (χ0v) is 16.1. The van der Waals surface area contributed by atoms with Gasteiger partial charge in [0, 0.05) is 12.2 Å². The first-order valence-corrected chi connectivity index (χ1v) is 9.24. The molecule has 2 amide bonds. The summed E-state index contributed by atoms with van der Waals surface area (Å²) in [6.07, 6.45) is 4.77. The molecule has 1 aromatic rings. The molecule has 26 heavy (non-hydrogen) atoms. The Morgan fingerprint density at radius 1 is 1.27 bits per heavy atom. The first-order chi connectivity index (χ1) is 12.3. The van der Waals surface area contributed by atoms with Crippen molar-refractivity contribution in [2.45, 2.75) is 58.1 Å². The van der Waals surface area contributed by atoms with E-state index in [2.05, 4.69) is 11.9 Å². The lowest BCUT2D eigenvalue weighted by molar-refractivity contribution is -0.137. The maximum absolute atomic E-state index is 12.8. The van der Waals surface area contributed by atoms with Crippen molar-refractivity contribution in [1.29, 1.82) is 0 Å². The van der Waals surface area contributed by atoms with Gasteiger partial charge in [-0.25, -0.2) is 0 Å². The van der Waals surface area contributed by atoms with Crippen LogP contribution in [0.5, 0.6) is 0 Å². The minimum atomic E-state index is -0.246. The molecule has 0 spiro atoms. The first-order valence-electron chi connectivity index (χ1n) is 9.24. The van der Waals surface area contributed by atoms with Crippen LogP contribution in [-0.4, -0.2) is 41.5 Å². The maximum atomic E-state index is 12.8. The number of piperidine rings is 1. The lowest BCUT2D eigenvalue weighted by Crippen LogP contribution is -2.47. The third-order valence-electron chi connectivity index (χ3n) is 4.42. The molecule has 0 aliphatic carbocycles. The van der Waals surface area contributed by atoms with Crippen LogP contribution in [0.25, 0.3) is 0 Å². The molecule has 142 valence electrons. The van der Waals surface area contributed by atoms with Gasteiger partial charge in [-0.2, -0.15) is 0 Å². The standard InChI is InChI=1S/C21H30N2O3/c1-5-19(24)22-17-11-9-16(10-12-17)14-20(25)23-13-7-6-8-18(23)15-26-21(2,3)4/h5,9-12,18H,1,6-8,13-15H2,2-4H3,(H,22,24). The van der Waals surface area contributed by atoms with Gasteiger partial charge in [0.05, 0.1) is 24.7 Å². The van der Waals surface area contributed by atoms with Gasteiger partial charge in [0.25, 0.3) is 0 Å². The van der Waals surface area contributed by atoms with E-state index in [0.29, 0.717) is 18.7 Å². The molecule has 1 atom stereocenters. The van der Waals surface area contributed by atoms with Gasteiger partial charge in [0.15, 0.2) is 0 Å². The second kappa shape index (κ2) is 8.99. The van der Waals surface area contributed by atoms with Crippen LogP contribution in [0.3, 0.4) is 0 Å². The highest BCUT2D eigenvalue weighted by Crippen LogP contribution is 2.21. The van der Waals surface area contributed by atoms with Crippen LogP contribution in [0.15, 0.2) is 36.9 Å². The monoisotopic (exact) mass is 358 g/mol. The van der Waals surface area contributed by atoms with Gasteiger partial charge in [-0.1, -0.05) is 18.7 Å². The number of anilines is 1. The average molecular weight is 358 g/mol. The van der Waals surface area contributed by atoms with Crippen LogP contribution in [-0.2, 0) is 20.7 Å². The molecule has 2 rings (SSSR count). The molecule has 1 aliphatic rings. The smallest absolute Gasteiger partial charge is 0.247 e. The molecule has 5 nitrogen and oxygen atoms in total. The number of rotatable bonds is 6. The number of nitrogens with one attached hydrogen (secondary N) is 1. The highest BCUT2D eigenvalue weighted by atomic mass is 16.5. The minimum Gasteiger partial charge on any atom is -0.374 e. The molecule has 1 saturated heterocycles. The molecule has 1 unspecified atom stereocenters. The van der Waals surface area contributed by atoms with E-state index in [4.69, 9.17) is 4.74 Å². The summed E-state index contributed by atoms with van der Waals surface area (Å²) in [5.41, 5.74) is 1.44. The second-order valence-corrected chi connectivity index (χ2v) is 7.73. The number of benzene rings is 1. The molecule has 1 N–H and O–H groups in total. The van der Waals surface area contributed by atoms with Crippen LogP contribution in [0.1, 0.15) is 45.6 Å². The summed E-state index contributed by atoms with van der Waals surface area (Å²) in [6, 6.07) is 7.52. The predicted molar refractivity (Wildman–Crippen MR) is 104 cm³/mol. The van der Waals surface area contributed by atoms with Crippen molar-refractivity contribution in [3.8, 4) is 0 Å². The van der Waals surface area contributed by atoms with E-state index in [0.717, 1.165) is 31.4 Å². The molecule has 0 aromatic heterocycles. The summed E-state index contributed by atoms with van der Waals surface area (Å²) >= 11 is 0. The summed E-state index contributed by atoms with van der Waals surface area (Å²) in [6.45, 7) is 10.9. The zero-order valence-electron chi connectivity index (χ0n) is 16.1. The van der Waals surface area contributed by atoms with Gasteiger partial charge in [0.2, 0.25) is 11.8 Å². The number of carbonyl (C=O) groups is 2. The number of nitrogens with zero attached hydrogens (tertiary/aromatic N) is 1. The first kappa shape index (κ1) is 20.2. The van der Waals surface area contributed by atoms with Crippen molar-refractivity contribution in [1.82, 2.24) is 4.90 Å². The third kappa shape index (κ3) is 6.30. The fourth-order valence-electron chi connectivity index (χ4n) is 3.02. The Morgan fingerprint density at radius 3 is 2.58 bits per heavy atom. The van der Waals surface area contributed by atoms with Gasteiger partial charge in [-0.05, 0) is 63.8 Å². The predicted octanol–water partition coefficient (Wildman–Crippen LogP) is 3.55. The summed E-state index contributed by atoms with van der Waals surface area (Å²) in [5, 5.41) is 2.70. The van der Waals surface area contributed by atoms with E-state index in [1.807, 2.05) is 37.8 Å². The van der Waals surface area contributed by atoms with Gasteiger partial charge in [0.1, 0.15) is 0 Å². The van der Waals surface area contributed by atoms with E-state index in [9.17, 15) is 9.59 Å². The summed E-state index contributed by atoms with van der Waals surface area (Å²) in [5.74, 6) is -0.112. The molecule has 0 bridgehead atoms. The van der Waals surface area contributed by atoms with E-state index < -0.39 is 0 Å². The van der Waals surface area contributed by atoms with E-state index in [1.54, 1.807) is 12.1 Å². The summed E-state index contributed by atoms with van der Waals surface area (Å²) in [7, 11) is 0. The molecular weight excluding hydrogens is 328 g/mol. The topological polar surface area (TPSA) is 58.6 Å². The van der Waals surface area contributed by atoms with Gasteiger partial charge < -0.3 is 15.0 Å². The molecule has 1 aromatic carbocycles. The highest BCUT2D eigenvalue weighted by molar-refractivity contribution is 5.98. The van der Waals surface area contributed by atoms with Crippen molar-refractivity contribution in [3.63, 3.8) is 0 Å². The maximum Gasteiger partial charge on any atom is 0.247 e. The summed E-state index contributed by atoms with van der Waals surface area (Å²) < 4.78 is 5.92. The second-order valence-electron chi connectivity index (χ2n) is 7.73. The fraction of sp³-hybridized carbons (Fsp3) is 0.524. The van der Waals surface area contributed by atoms with E-state index >= 15 is 0 Å². The minimum absolute atomic E-state index is 0.134. The molecule has 0 saturated carbocycles. The molecule has 0 radical (unpaired) electrons. The Labute approximate surface area is 156 Å². The SMILES string of the molecule is C=CC(=O)Nc1ccc(CC(=O)N2CCCCC2COC(C)(C)C)cc1. The van der Waals surface area contributed by atoms with Crippen molar-refractivity contribution >= 4 is 17.5 Å². The van der Waals surface area contributed by atoms with Crippen molar-refractivity contribution < 1.29 is 14.3 Å². The quantitative estimate of drug-likeness (QED) is 0.791. The Morgan fingerprint density at radius 2 is 1.96 bits per heavy atom. The summed E-state index contributed by atoms with van der Waals surface area (Å²) in [4.78, 5) is 26.1. The Hall–Kier alpha value is -2.14. The molecule has 1 aliphatic heterocycles. The molecular formula is C21H30N2O3. The van der Waals surface area contributed by atoms with Crippen LogP contribution in [0, 0.1) is 0 Å². The number of likely N-dealkylation sites (tertiary alicyclic amines) is 1. The average Bonchev–Trinajstić information content (AvgIpc) is 2.61. The Kier molecular flexibility index (Phi) is 6.98. The number of hydrogen-bond donors (Lipinski definition) is 1. The van der Waals surface area contributed by atoms with Crippen LogP contribution >= 0.6 is 0 Å². The van der Waals surface area contributed by atoms with Crippen molar-refractivity contribution in [2.24, 2.45) is 0 Å². The van der Waals surface area contributed by atoms with E-state index in [-0.39, 0.29) is 23.5 Å². The fourth-order valence-corrected chi connectivity index (χ4v) is 3.02. The van der Waals surface area contributed by atoms with Gasteiger partial charge in [-0.15, -0.1) is 0 Å². The van der Waals surface area contributed by atoms with Crippen LogP contribution < -0.4 is 5.32 Å². The van der Waals surface area contributed by atoms with Crippen LogP contribution in [0.4, 0.5) is 5.69 Å². The Bertz CT molecular complexity index is 632. The van der Waals surface area contributed by atoms with Crippen molar-refractivity contribution in [3.05, 3.63) is 42.5 Å². The number of amides is 2.